The number of halogens is 5. The van der Waals surface area contributed by atoms with E-state index in [1.165, 1.54) is 6.92 Å². The zero-order valence-corrected chi connectivity index (χ0v) is 7.49. The van der Waals surface area contributed by atoms with Crippen molar-refractivity contribution in [1.29, 1.82) is 0 Å². The van der Waals surface area contributed by atoms with Crippen LogP contribution in [0.4, 0.5) is 22.0 Å². The molecule has 84 valence electrons. The van der Waals surface area contributed by atoms with Crippen LogP contribution in [0.5, 0.6) is 0 Å². The van der Waals surface area contributed by atoms with E-state index in [1.807, 2.05) is 0 Å². The van der Waals surface area contributed by atoms with Gasteiger partial charge in [0.1, 0.15) is 0 Å². The Morgan fingerprint density at radius 3 is 2.07 bits per heavy atom. The van der Waals surface area contributed by atoms with Gasteiger partial charge in [-0.05, 0) is 13.3 Å². The van der Waals surface area contributed by atoms with Crippen molar-refractivity contribution >= 4 is 5.97 Å². The maximum absolute atomic E-state index is 13.0. The molecule has 0 saturated carbocycles. The molecule has 2 atom stereocenters. The molecule has 0 N–H and O–H groups in total. The lowest BCUT2D eigenvalue weighted by molar-refractivity contribution is -0.262. The predicted molar refractivity (Wildman–Crippen MR) is 36.8 cm³/mol. The Labute approximate surface area is 77.0 Å². The molecule has 0 aromatic rings. The number of rotatable bonds is 3. The van der Waals surface area contributed by atoms with Crippen LogP contribution in [0.2, 0.25) is 0 Å². The Kier molecular flexibility index (Phi) is 3.84. The molecular weight excluding hydrogens is 211 g/mol. The zero-order chi connectivity index (χ0) is 11.6. The van der Waals surface area contributed by atoms with E-state index >= 15 is 0 Å². The van der Waals surface area contributed by atoms with Gasteiger partial charge in [-0.1, -0.05) is 6.92 Å². The van der Waals surface area contributed by atoms with Crippen LogP contribution in [-0.2, 0) is 9.53 Å². The number of carbonyl (C=O) groups excluding carboxylic acids is 1. The Morgan fingerprint density at radius 2 is 1.79 bits per heavy atom. The summed E-state index contributed by atoms with van der Waals surface area (Å²) in [5, 5.41) is 0. The van der Waals surface area contributed by atoms with Gasteiger partial charge in [0.15, 0.2) is 0 Å². The van der Waals surface area contributed by atoms with Gasteiger partial charge in [0, 0.05) is 0 Å². The van der Waals surface area contributed by atoms with Gasteiger partial charge >= 0.3 is 18.5 Å². The topological polar surface area (TPSA) is 26.3 Å². The number of hydrogen-bond acceptors (Lipinski definition) is 2. The summed E-state index contributed by atoms with van der Waals surface area (Å²) in [6.45, 7) is 1.94. The standard InChI is InChI=1S/C7H9F5O2/c1-3-6(2,9)5(13)14-4(8)7(10,11)12/h4H,3H2,1-2H3. The average Bonchev–Trinajstić information content (AvgIpc) is 2.02. The molecule has 2 nitrogen and oxygen atoms in total. The summed E-state index contributed by atoms with van der Waals surface area (Å²) in [6, 6.07) is 0. The molecule has 0 fully saturated rings. The molecule has 0 aromatic heterocycles. The molecule has 0 spiro atoms. The highest BCUT2D eigenvalue weighted by molar-refractivity contribution is 5.78. The second-order valence-electron chi connectivity index (χ2n) is 2.81. The second-order valence-corrected chi connectivity index (χ2v) is 2.81. The highest BCUT2D eigenvalue weighted by atomic mass is 19.4. The maximum atomic E-state index is 13.0. The van der Waals surface area contributed by atoms with Gasteiger partial charge in [0.05, 0.1) is 0 Å². The van der Waals surface area contributed by atoms with Gasteiger partial charge in [0.25, 0.3) is 0 Å². The molecule has 0 radical (unpaired) electrons. The fourth-order valence-corrected chi connectivity index (χ4v) is 0.428. The van der Waals surface area contributed by atoms with Crippen LogP contribution < -0.4 is 0 Å². The molecule has 0 aromatic carbocycles. The first-order chi connectivity index (χ1) is 6.11. The third-order valence-electron chi connectivity index (χ3n) is 1.56. The normalized spacial score (nSPS) is 18.5. The zero-order valence-electron chi connectivity index (χ0n) is 7.49. The molecular formula is C7H9F5O2. The Balaban J connectivity index is 4.35. The van der Waals surface area contributed by atoms with Crippen LogP contribution in [0.15, 0.2) is 0 Å². The molecule has 0 bridgehead atoms. The van der Waals surface area contributed by atoms with Gasteiger partial charge in [-0.15, -0.1) is 0 Å². The van der Waals surface area contributed by atoms with Crippen molar-refractivity contribution in [3.05, 3.63) is 0 Å². The summed E-state index contributed by atoms with van der Waals surface area (Å²) < 4.78 is 62.9. The summed E-state index contributed by atoms with van der Waals surface area (Å²) in [6.07, 6.45) is -9.49. The monoisotopic (exact) mass is 220 g/mol. The van der Waals surface area contributed by atoms with E-state index in [4.69, 9.17) is 0 Å². The molecule has 2 unspecified atom stereocenters. The van der Waals surface area contributed by atoms with Gasteiger partial charge in [-0.2, -0.15) is 17.6 Å². The van der Waals surface area contributed by atoms with Crippen LogP contribution in [0.25, 0.3) is 0 Å². The van der Waals surface area contributed by atoms with Crippen molar-refractivity contribution in [3.8, 4) is 0 Å². The number of ether oxygens (including phenoxy) is 1. The number of esters is 1. The van der Waals surface area contributed by atoms with E-state index in [9.17, 15) is 26.7 Å². The number of carbonyl (C=O) groups is 1. The van der Waals surface area contributed by atoms with E-state index in [0.29, 0.717) is 0 Å². The van der Waals surface area contributed by atoms with E-state index in [-0.39, 0.29) is 0 Å². The van der Waals surface area contributed by atoms with Gasteiger partial charge < -0.3 is 4.74 Å². The van der Waals surface area contributed by atoms with Crippen molar-refractivity contribution in [2.24, 2.45) is 0 Å². The molecule has 0 aliphatic rings. The van der Waals surface area contributed by atoms with Crippen LogP contribution in [-0.4, -0.2) is 24.2 Å². The molecule has 7 heteroatoms. The van der Waals surface area contributed by atoms with Crippen molar-refractivity contribution < 1.29 is 31.5 Å². The molecule has 0 aliphatic heterocycles. The van der Waals surface area contributed by atoms with Crippen molar-refractivity contribution in [2.75, 3.05) is 0 Å². The summed E-state index contributed by atoms with van der Waals surface area (Å²) in [5.41, 5.74) is -2.60. The maximum Gasteiger partial charge on any atom is 0.457 e. The van der Waals surface area contributed by atoms with Crippen LogP contribution >= 0.6 is 0 Å². The SMILES string of the molecule is CCC(C)(F)C(=O)OC(F)C(F)(F)F. The molecule has 14 heavy (non-hydrogen) atoms. The molecule has 0 rings (SSSR count). The van der Waals surface area contributed by atoms with Gasteiger partial charge in [-0.3, -0.25) is 0 Å². The summed E-state index contributed by atoms with van der Waals surface area (Å²) >= 11 is 0. The minimum absolute atomic E-state index is 0.392. The van der Waals surface area contributed by atoms with Crippen molar-refractivity contribution in [3.63, 3.8) is 0 Å². The average molecular weight is 220 g/mol. The Hall–Kier alpha value is -0.880. The fourth-order valence-electron chi connectivity index (χ4n) is 0.428. The van der Waals surface area contributed by atoms with E-state index in [1.54, 1.807) is 0 Å². The fraction of sp³-hybridized carbons (Fsp3) is 0.857. The summed E-state index contributed by atoms with van der Waals surface area (Å²) in [7, 11) is 0. The number of hydrogen-bond donors (Lipinski definition) is 0. The highest BCUT2D eigenvalue weighted by Crippen LogP contribution is 2.26. The van der Waals surface area contributed by atoms with Crippen molar-refractivity contribution in [2.45, 2.75) is 38.5 Å². The van der Waals surface area contributed by atoms with Crippen LogP contribution in [0.3, 0.4) is 0 Å². The molecule has 0 amide bonds. The Bertz CT molecular complexity index is 211. The molecule has 0 heterocycles. The minimum atomic E-state index is -5.32. The Morgan fingerprint density at radius 1 is 1.36 bits per heavy atom. The smallest absolute Gasteiger partial charge is 0.419 e. The van der Waals surface area contributed by atoms with Gasteiger partial charge in [0.2, 0.25) is 5.67 Å². The summed E-state index contributed by atoms with van der Waals surface area (Å²) in [5.74, 6) is -1.86. The highest BCUT2D eigenvalue weighted by Gasteiger charge is 2.46. The lowest BCUT2D eigenvalue weighted by Gasteiger charge is -2.19. The van der Waals surface area contributed by atoms with Crippen molar-refractivity contribution in [1.82, 2.24) is 0 Å². The third kappa shape index (κ3) is 3.47. The lowest BCUT2D eigenvalue weighted by Crippen LogP contribution is -2.38. The first kappa shape index (κ1) is 13.1. The first-order valence-corrected chi connectivity index (χ1v) is 3.72. The van der Waals surface area contributed by atoms with Crippen LogP contribution in [0, 0.1) is 0 Å². The quantitative estimate of drug-likeness (QED) is 0.539. The second kappa shape index (κ2) is 4.10. The predicted octanol–water partition coefficient (Wildman–Crippen LogP) is 2.53. The first-order valence-electron chi connectivity index (χ1n) is 3.72. The third-order valence-corrected chi connectivity index (χ3v) is 1.56. The summed E-state index contributed by atoms with van der Waals surface area (Å²) in [4.78, 5) is 10.6. The molecule has 0 aliphatic carbocycles. The lowest BCUT2D eigenvalue weighted by atomic mass is 10.1. The van der Waals surface area contributed by atoms with Crippen LogP contribution in [0.1, 0.15) is 20.3 Å². The molecule has 0 saturated heterocycles. The van der Waals surface area contributed by atoms with Gasteiger partial charge in [-0.25, -0.2) is 9.18 Å². The largest absolute Gasteiger partial charge is 0.457 e. The van der Waals surface area contributed by atoms with E-state index in [2.05, 4.69) is 4.74 Å². The van der Waals surface area contributed by atoms with E-state index < -0.39 is 30.6 Å². The minimum Gasteiger partial charge on any atom is -0.419 e. The number of alkyl halides is 5. The van der Waals surface area contributed by atoms with E-state index in [0.717, 1.165) is 6.92 Å².